The first kappa shape index (κ1) is 17.9. The van der Waals surface area contributed by atoms with Crippen molar-refractivity contribution in [3.05, 3.63) is 35.6 Å². The molecule has 0 saturated carbocycles. The van der Waals surface area contributed by atoms with Crippen LogP contribution in [-0.2, 0) is 11.2 Å². The third kappa shape index (κ3) is 5.64. The summed E-state index contributed by atoms with van der Waals surface area (Å²) in [4.78, 5) is 14.1. The molecule has 3 nitrogen and oxygen atoms in total. The van der Waals surface area contributed by atoms with E-state index in [0.717, 1.165) is 44.0 Å². The number of hydrogen-bond donors (Lipinski definition) is 1. The lowest BCUT2D eigenvalue weighted by Gasteiger charge is -2.32. The summed E-state index contributed by atoms with van der Waals surface area (Å²) in [5.74, 6) is 0.632. The second-order valence-electron chi connectivity index (χ2n) is 5.52. The molecular weight excluding hydrogens is 291 g/mol. The van der Waals surface area contributed by atoms with Gasteiger partial charge in [-0.3, -0.25) is 4.79 Å². The van der Waals surface area contributed by atoms with Crippen LogP contribution in [0.4, 0.5) is 4.39 Å². The predicted octanol–water partition coefficient (Wildman–Crippen LogP) is 2.64. The van der Waals surface area contributed by atoms with Crippen LogP contribution in [0, 0.1) is 11.7 Å². The van der Waals surface area contributed by atoms with Crippen LogP contribution in [0.2, 0.25) is 0 Å². The van der Waals surface area contributed by atoms with Crippen LogP contribution in [-0.4, -0.2) is 37.5 Å². The summed E-state index contributed by atoms with van der Waals surface area (Å²) in [6, 6.07) is 6.19. The van der Waals surface area contributed by atoms with Gasteiger partial charge in [0.1, 0.15) is 5.82 Å². The highest BCUT2D eigenvalue weighted by atomic mass is 35.5. The van der Waals surface area contributed by atoms with Gasteiger partial charge < -0.3 is 10.2 Å². The lowest BCUT2D eigenvalue weighted by Crippen LogP contribution is -2.39. The Balaban J connectivity index is 0.00000220. The third-order valence-electron chi connectivity index (χ3n) is 4.04. The molecule has 0 unspecified atom stereocenters. The quantitative estimate of drug-likeness (QED) is 0.906. The molecule has 1 aliphatic rings. The van der Waals surface area contributed by atoms with Crippen LogP contribution in [0.25, 0.3) is 0 Å². The molecule has 0 aliphatic carbocycles. The Morgan fingerprint density at radius 3 is 2.48 bits per heavy atom. The summed E-state index contributed by atoms with van der Waals surface area (Å²) in [7, 11) is 1.97. The van der Waals surface area contributed by atoms with Gasteiger partial charge in [0.25, 0.3) is 0 Å². The number of piperidine rings is 1. The van der Waals surface area contributed by atoms with Gasteiger partial charge in [-0.2, -0.15) is 0 Å². The highest BCUT2D eigenvalue weighted by Gasteiger charge is 2.22. The first-order valence-corrected chi connectivity index (χ1v) is 7.36. The normalized spacial score (nSPS) is 15.6. The second-order valence-corrected chi connectivity index (χ2v) is 5.52. The first-order valence-electron chi connectivity index (χ1n) is 7.36. The number of amides is 1. The van der Waals surface area contributed by atoms with Gasteiger partial charge in [-0.1, -0.05) is 12.1 Å². The summed E-state index contributed by atoms with van der Waals surface area (Å²) in [5, 5.41) is 3.18. The number of nitrogens with zero attached hydrogens (tertiary/aromatic N) is 1. The van der Waals surface area contributed by atoms with E-state index in [4.69, 9.17) is 0 Å². The van der Waals surface area contributed by atoms with Crippen molar-refractivity contribution in [2.24, 2.45) is 5.92 Å². The number of hydrogen-bond acceptors (Lipinski definition) is 2. The molecule has 1 aromatic rings. The standard InChI is InChI=1S/C16H23FN2O.ClH/c1-18-9-6-13-7-10-19(11-8-13)16(20)12-14-2-4-15(17)5-3-14;/h2-5,13,18H,6-12H2,1H3;1H. The molecule has 1 N–H and O–H groups in total. The van der Waals surface area contributed by atoms with E-state index in [1.165, 1.54) is 18.6 Å². The maximum absolute atomic E-state index is 12.8. The maximum atomic E-state index is 12.8. The average Bonchev–Trinajstić information content (AvgIpc) is 2.48. The van der Waals surface area contributed by atoms with Crippen LogP contribution in [0.1, 0.15) is 24.8 Å². The number of halogens is 2. The van der Waals surface area contributed by atoms with E-state index >= 15 is 0 Å². The number of rotatable bonds is 5. The zero-order valence-electron chi connectivity index (χ0n) is 12.5. The van der Waals surface area contributed by atoms with E-state index in [-0.39, 0.29) is 24.1 Å². The molecule has 21 heavy (non-hydrogen) atoms. The Kier molecular flexibility index (Phi) is 7.68. The van der Waals surface area contributed by atoms with Crippen molar-refractivity contribution in [1.29, 1.82) is 0 Å². The Hall–Kier alpha value is -1.13. The van der Waals surface area contributed by atoms with E-state index in [0.29, 0.717) is 6.42 Å². The van der Waals surface area contributed by atoms with E-state index in [1.54, 1.807) is 12.1 Å². The molecule has 0 radical (unpaired) electrons. The van der Waals surface area contributed by atoms with E-state index in [1.807, 2.05) is 11.9 Å². The van der Waals surface area contributed by atoms with E-state index in [9.17, 15) is 9.18 Å². The van der Waals surface area contributed by atoms with Gasteiger partial charge in [0, 0.05) is 13.1 Å². The van der Waals surface area contributed by atoms with Crippen molar-refractivity contribution in [2.75, 3.05) is 26.7 Å². The summed E-state index contributed by atoms with van der Waals surface area (Å²) in [5.41, 5.74) is 0.883. The Morgan fingerprint density at radius 2 is 1.90 bits per heavy atom. The third-order valence-corrected chi connectivity index (χ3v) is 4.04. The molecule has 0 atom stereocenters. The molecule has 1 aliphatic heterocycles. The monoisotopic (exact) mass is 314 g/mol. The highest BCUT2D eigenvalue weighted by Crippen LogP contribution is 2.20. The predicted molar refractivity (Wildman–Crippen MR) is 85.2 cm³/mol. The maximum Gasteiger partial charge on any atom is 0.226 e. The fraction of sp³-hybridized carbons (Fsp3) is 0.562. The molecule has 1 saturated heterocycles. The molecule has 1 aromatic carbocycles. The molecule has 0 bridgehead atoms. The molecule has 1 amide bonds. The summed E-state index contributed by atoms with van der Waals surface area (Å²) >= 11 is 0. The number of benzene rings is 1. The fourth-order valence-corrected chi connectivity index (χ4v) is 2.71. The largest absolute Gasteiger partial charge is 0.342 e. The van der Waals surface area contributed by atoms with Crippen LogP contribution in [0.15, 0.2) is 24.3 Å². The second kappa shape index (κ2) is 9.00. The smallest absolute Gasteiger partial charge is 0.226 e. The minimum Gasteiger partial charge on any atom is -0.342 e. The summed E-state index contributed by atoms with van der Waals surface area (Å²) in [6.45, 7) is 2.76. The van der Waals surface area contributed by atoms with Gasteiger partial charge in [-0.25, -0.2) is 4.39 Å². The molecule has 0 aromatic heterocycles. The van der Waals surface area contributed by atoms with Crippen molar-refractivity contribution in [3.63, 3.8) is 0 Å². The van der Waals surface area contributed by atoms with Gasteiger partial charge >= 0.3 is 0 Å². The lowest BCUT2D eigenvalue weighted by molar-refractivity contribution is -0.131. The molecule has 0 spiro atoms. The Morgan fingerprint density at radius 1 is 1.29 bits per heavy atom. The molecule has 5 heteroatoms. The molecule has 1 heterocycles. The van der Waals surface area contributed by atoms with Gasteiger partial charge in [0.2, 0.25) is 5.91 Å². The van der Waals surface area contributed by atoms with Gasteiger partial charge in [0.05, 0.1) is 6.42 Å². The first-order chi connectivity index (χ1) is 9.69. The summed E-state index contributed by atoms with van der Waals surface area (Å²) < 4.78 is 12.8. The Labute approximate surface area is 132 Å². The number of carbonyl (C=O) groups excluding carboxylic acids is 1. The number of likely N-dealkylation sites (tertiary alicyclic amines) is 1. The van der Waals surface area contributed by atoms with E-state index < -0.39 is 0 Å². The van der Waals surface area contributed by atoms with Crippen LogP contribution in [0.3, 0.4) is 0 Å². The lowest BCUT2D eigenvalue weighted by atomic mass is 9.93. The zero-order chi connectivity index (χ0) is 14.4. The molecule has 2 rings (SSSR count). The van der Waals surface area contributed by atoms with Crippen molar-refractivity contribution in [2.45, 2.75) is 25.7 Å². The van der Waals surface area contributed by atoms with Gasteiger partial charge in [-0.05, 0) is 56.5 Å². The number of carbonyl (C=O) groups is 1. The van der Waals surface area contributed by atoms with Gasteiger partial charge in [0.15, 0.2) is 0 Å². The SMILES string of the molecule is CNCCC1CCN(C(=O)Cc2ccc(F)cc2)CC1.Cl. The minimum absolute atomic E-state index is 0. The van der Waals surface area contributed by atoms with Crippen molar-refractivity contribution < 1.29 is 9.18 Å². The van der Waals surface area contributed by atoms with E-state index in [2.05, 4.69) is 5.32 Å². The number of nitrogens with one attached hydrogen (secondary N) is 1. The highest BCUT2D eigenvalue weighted by molar-refractivity contribution is 5.85. The minimum atomic E-state index is -0.258. The van der Waals surface area contributed by atoms with Crippen molar-refractivity contribution in [1.82, 2.24) is 10.2 Å². The van der Waals surface area contributed by atoms with Crippen molar-refractivity contribution in [3.8, 4) is 0 Å². The molecule has 1 fully saturated rings. The van der Waals surface area contributed by atoms with Gasteiger partial charge in [-0.15, -0.1) is 12.4 Å². The zero-order valence-corrected chi connectivity index (χ0v) is 13.3. The molecular formula is C16H24ClFN2O. The Bertz CT molecular complexity index is 430. The average molecular weight is 315 g/mol. The molecule has 118 valence electrons. The summed E-state index contributed by atoms with van der Waals surface area (Å²) in [6.07, 6.45) is 3.76. The van der Waals surface area contributed by atoms with Crippen LogP contribution in [0.5, 0.6) is 0 Å². The van der Waals surface area contributed by atoms with Crippen LogP contribution >= 0.6 is 12.4 Å². The topological polar surface area (TPSA) is 32.3 Å². The fourth-order valence-electron chi connectivity index (χ4n) is 2.71. The van der Waals surface area contributed by atoms with Crippen molar-refractivity contribution >= 4 is 18.3 Å². The van der Waals surface area contributed by atoms with Crippen LogP contribution < -0.4 is 5.32 Å².